The Morgan fingerprint density at radius 3 is 2.88 bits per heavy atom. The van der Waals surface area contributed by atoms with Gasteiger partial charge >= 0.3 is 5.97 Å². The van der Waals surface area contributed by atoms with Gasteiger partial charge in [0.15, 0.2) is 5.69 Å². The maximum atomic E-state index is 11.6. The van der Waals surface area contributed by atoms with Crippen LogP contribution in [0.4, 0.5) is 5.00 Å². The van der Waals surface area contributed by atoms with E-state index in [1.807, 2.05) is 0 Å². The molecule has 1 aromatic rings. The Morgan fingerprint density at radius 1 is 1.62 bits per heavy atom. The lowest BCUT2D eigenvalue weighted by molar-refractivity contribution is 0.0692. The number of carboxylic acid groups (broad SMARTS) is 1. The van der Waals surface area contributed by atoms with Gasteiger partial charge in [-0.25, -0.2) is 18.2 Å². The number of aromatic nitrogens is 1. The number of nitrogens with zero attached hydrogens (tertiary/aromatic N) is 1. The highest BCUT2D eigenvalue weighted by atomic mass is 32.2. The number of sulfonamides is 1. The Bertz CT molecular complexity index is 504. The number of anilines is 1. The summed E-state index contributed by atoms with van der Waals surface area (Å²) in [6, 6.07) is 0. The van der Waals surface area contributed by atoms with Crippen molar-refractivity contribution in [1.29, 1.82) is 0 Å². The molecule has 1 aliphatic carbocycles. The number of nitrogens with one attached hydrogen (secondary N) is 1. The molecule has 0 bridgehead atoms. The zero-order valence-corrected chi connectivity index (χ0v) is 9.84. The van der Waals surface area contributed by atoms with Crippen LogP contribution in [0.2, 0.25) is 0 Å². The molecule has 8 heteroatoms. The van der Waals surface area contributed by atoms with Gasteiger partial charge in [0.05, 0.1) is 11.3 Å². The van der Waals surface area contributed by atoms with Crippen LogP contribution >= 0.6 is 11.3 Å². The van der Waals surface area contributed by atoms with E-state index in [1.165, 1.54) is 5.51 Å². The summed E-state index contributed by atoms with van der Waals surface area (Å²) in [5, 5.41) is 8.83. The molecule has 0 aliphatic heterocycles. The largest absolute Gasteiger partial charge is 0.476 e. The molecule has 0 spiro atoms. The summed E-state index contributed by atoms with van der Waals surface area (Å²) >= 11 is 0.970. The van der Waals surface area contributed by atoms with E-state index in [9.17, 15) is 13.2 Å². The van der Waals surface area contributed by atoms with Crippen molar-refractivity contribution in [3.63, 3.8) is 0 Å². The standard InChI is InChI=1S/C8H10N2O4S2/c11-8(12)6-7(15-4-9-6)10-16(13,14)3-5-1-2-5/h4-5,10H,1-3H2,(H,11,12). The first-order valence-electron chi connectivity index (χ1n) is 4.65. The van der Waals surface area contributed by atoms with Gasteiger partial charge in [0, 0.05) is 0 Å². The van der Waals surface area contributed by atoms with E-state index >= 15 is 0 Å². The van der Waals surface area contributed by atoms with E-state index in [0.717, 1.165) is 24.2 Å². The molecule has 2 rings (SSSR count). The van der Waals surface area contributed by atoms with Crippen molar-refractivity contribution in [2.24, 2.45) is 5.92 Å². The molecule has 1 saturated carbocycles. The molecular formula is C8H10N2O4S2. The topological polar surface area (TPSA) is 96.4 Å². The van der Waals surface area contributed by atoms with Gasteiger partial charge in [-0.2, -0.15) is 0 Å². The lowest BCUT2D eigenvalue weighted by atomic mass is 10.5. The number of aromatic carboxylic acids is 1. The molecule has 88 valence electrons. The molecule has 2 N–H and O–H groups in total. The first-order valence-corrected chi connectivity index (χ1v) is 7.18. The summed E-state index contributed by atoms with van der Waals surface area (Å²) in [6.07, 6.45) is 1.85. The van der Waals surface area contributed by atoms with Crippen LogP contribution in [0.25, 0.3) is 0 Å². The van der Waals surface area contributed by atoms with Gasteiger partial charge < -0.3 is 5.11 Å². The zero-order valence-electron chi connectivity index (χ0n) is 8.21. The van der Waals surface area contributed by atoms with E-state index in [4.69, 9.17) is 5.11 Å². The van der Waals surface area contributed by atoms with Crippen LogP contribution in [0.1, 0.15) is 23.3 Å². The number of hydrogen-bond donors (Lipinski definition) is 2. The Kier molecular flexibility index (Phi) is 2.85. The Hall–Kier alpha value is -1.15. The highest BCUT2D eigenvalue weighted by Gasteiger charge is 2.29. The van der Waals surface area contributed by atoms with E-state index in [-0.39, 0.29) is 22.4 Å². The molecule has 6 nitrogen and oxygen atoms in total. The van der Waals surface area contributed by atoms with Crippen molar-refractivity contribution < 1.29 is 18.3 Å². The van der Waals surface area contributed by atoms with Crippen LogP contribution < -0.4 is 4.72 Å². The monoisotopic (exact) mass is 262 g/mol. The van der Waals surface area contributed by atoms with Crippen molar-refractivity contribution in [3.8, 4) is 0 Å². The van der Waals surface area contributed by atoms with Gasteiger partial charge in [0.1, 0.15) is 5.00 Å². The Labute approximate surface area is 96.4 Å². The van der Waals surface area contributed by atoms with E-state index in [1.54, 1.807) is 0 Å². The summed E-state index contributed by atoms with van der Waals surface area (Å²) in [7, 11) is -3.44. The van der Waals surface area contributed by atoms with Crippen LogP contribution in [0, 0.1) is 5.92 Å². The molecule has 0 radical (unpaired) electrons. The third-order valence-corrected chi connectivity index (χ3v) is 4.47. The average molecular weight is 262 g/mol. The van der Waals surface area contributed by atoms with Crippen LogP contribution in [0.15, 0.2) is 5.51 Å². The SMILES string of the molecule is O=C(O)c1ncsc1NS(=O)(=O)CC1CC1. The fourth-order valence-electron chi connectivity index (χ4n) is 1.25. The third-order valence-electron chi connectivity index (χ3n) is 2.17. The number of hydrogen-bond acceptors (Lipinski definition) is 5. The first kappa shape index (κ1) is 11.3. The average Bonchev–Trinajstić information content (AvgIpc) is 2.80. The van der Waals surface area contributed by atoms with Gasteiger partial charge in [-0.3, -0.25) is 4.72 Å². The second kappa shape index (κ2) is 4.02. The van der Waals surface area contributed by atoms with Gasteiger partial charge in [-0.05, 0) is 18.8 Å². The lowest BCUT2D eigenvalue weighted by Crippen LogP contribution is -2.18. The second-order valence-corrected chi connectivity index (χ2v) is 6.28. The summed E-state index contributed by atoms with van der Waals surface area (Å²) in [6.45, 7) is 0. The maximum Gasteiger partial charge on any atom is 0.357 e. The summed E-state index contributed by atoms with van der Waals surface area (Å²) < 4.78 is 25.5. The minimum absolute atomic E-state index is 0.0595. The number of carboxylic acids is 1. The first-order chi connectivity index (χ1) is 7.48. The van der Waals surface area contributed by atoms with Crippen LogP contribution in [-0.2, 0) is 10.0 Å². The molecule has 0 saturated heterocycles. The van der Waals surface area contributed by atoms with Gasteiger partial charge in [0.2, 0.25) is 10.0 Å². The molecule has 0 amide bonds. The maximum absolute atomic E-state index is 11.6. The number of rotatable bonds is 5. The summed E-state index contributed by atoms with van der Waals surface area (Å²) in [4.78, 5) is 14.3. The van der Waals surface area contributed by atoms with Crippen LogP contribution in [0.5, 0.6) is 0 Å². The summed E-state index contributed by atoms with van der Waals surface area (Å²) in [5.74, 6) is -0.951. The highest BCUT2D eigenvalue weighted by molar-refractivity contribution is 7.92. The van der Waals surface area contributed by atoms with Gasteiger partial charge in [-0.15, -0.1) is 11.3 Å². The van der Waals surface area contributed by atoms with E-state index < -0.39 is 16.0 Å². The minimum atomic E-state index is -3.44. The number of carbonyl (C=O) groups is 1. The highest BCUT2D eigenvalue weighted by Crippen LogP contribution is 2.31. The van der Waals surface area contributed by atoms with Gasteiger partial charge in [-0.1, -0.05) is 0 Å². The fraction of sp³-hybridized carbons (Fsp3) is 0.500. The molecule has 0 aromatic carbocycles. The zero-order chi connectivity index (χ0) is 11.8. The molecule has 1 heterocycles. The quantitative estimate of drug-likeness (QED) is 0.825. The number of thiazole rings is 1. The van der Waals surface area contributed by atoms with Crippen molar-refractivity contribution in [2.45, 2.75) is 12.8 Å². The third kappa shape index (κ3) is 2.70. The fourth-order valence-corrected chi connectivity index (χ4v) is 3.75. The molecule has 1 aromatic heterocycles. The second-order valence-electron chi connectivity index (χ2n) is 3.66. The smallest absolute Gasteiger partial charge is 0.357 e. The lowest BCUT2D eigenvalue weighted by Gasteiger charge is -2.04. The molecular weight excluding hydrogens is 252 g/mol. The van der Waals surface area contributed by atoms with Crippen molar-refractivity contribution in [3.05, 3.63) is 11.2 Å². The van der Waals surface area contributed by atoms with Crippen molar-refractivity contribution >= 4 is 32.3 Å². The molecule has 1 aliphatic rings. The molecule has 0 atom stereocenters. The van der Waals surface area contributed by atoms with E-state index in [0.29, 0.717) is 0 Å². The Balaban J connectivity index is 2.13. The van der Waals surface area contributed by atoms with E-state index in [2.05, 4.69) is 9.71 Å². The minimum Gasteiger partial charge on any atom is -0.476 e. The van der Waals surface area contributed by atoms with Crippen LogP contribution in [0.3, 0.4) is 0 Å². The predicted molar refractivity (Wildman–Crippen MR) is 59.2 cm³/mol. The summed E-state index contributed by atoms with van der Waals surface area (Å²) in [5.41, 5.74) is 1.06. The molecule has 1 fully saturated rings. The normalized spacial score (nSPS) is 16.0. The van der Waals surface area contributed by atoms with Gasteiger partial charge in [0.25, 0.3) is 0 Å². The predicted octanol–water partition coefficient (Wildman–Crippen LogP) is 0.993. The van der Waals surface area contributed by atoms with Crippen molar-refractivity contribution in [1.82, 2.24) is 4.98 Å². The van der Waals surface area contributed by atoms with Crippen LogP contribution in [-0.4, -0.2) is 30.2 Å². The molecule has 16 heavy (non-hydrogen) atoms. The Morgan fingerprint density at radius 2 is 2.31 bits per heavy atom. The van der Waals surface area contributed by atoms with Crippen molar-refractivity contribution in [2.75, 3.05) is 10.5 Å². The molecule has 0 unspecified atom stereocenters.